The first-order valence-corrected chi connectivity index (χ1v) is 11.3. The standard InChI is InChI=1S/C23H22Cl2N6O3/c1-33-18-9-15-16(10-19(18)34-7-3-6-24)27-12-28-23(15)29-20-11-17(30-31-20)21(22(26)32)13-4-2-5-14(25)8-13/h2,4-5,8-12,21H,3,6-7H2,1H3,(H2,26,32)(H2,27,28,29,30,31). The quantitative estimate of drug-likeness (QED) is 0.217. The number of aromatic amines is 1. The maximum absolute atomic E-state index is 12.2. The van der Waals surface area contributed by atoms with E-state index in [1.165, 1.54) is 6.33 Å². The zero-order chi connectivity index (χ0) is 24.1. The highest BCUT2D eigenvalue weighted by molar-refractivity contribution is 6.30. The molecule has 1 amide bonds. The van der Waals surface area contributed by atoms with Gasteiger partial charge in [0.25, 0.3) is 0 Å². The molecule has 4 rings (SSSR count). The van der Waals surface area contributed by atoms with Gasteiger partial charge in [-0.1, -0.05) is 23.7 Å². The average molecular weight is 501 g/mol. The monoisotopic (exact) mass is 500 g/mol. The van der Waals surface area contributed by atoms with Crippen LogP contribution in [0.5, 0.6) is 11.5 Å². The maximum atomic E-state index is 12.2. The van der Waals surface area contributed by atoms with E-state index in [4.69, 9.17) is 38.4 Å². The minimum Gasteiger partial charge on any atom is -0.493 e. The number of amides is 1. The van der Waals surface area contributed by atoms with E-state index < -0.39 is 11.8 Å². The van der Waals surface area contributed by atoms with Gasteiger partial charge in [-0.25, -0.2) is 9.97 Å². The van der Waals surface area contributed by atoms with Crippen LogP contribution in [0.15, 0.2) is 48.8 Å². The number of rotatable bonds is 10. The number of nitrogens with two attached hydrogens (primary N) is 1. The molecule has 0 aliphatic carbocycles. The Bertz CT molecular complexity index is 1310. The largest absolute Gasteiger partial charge is 0.493 e. The number of hydrogen-bond donors (Lipinski definition) is 3. The molecule has 9 nitrogen and oxygen atoms in total. The second-order valence-electron chi connectivity index (χ2n) is 7.36. The zero-order valence-corrected chi connectivity index (χ0v) is 19.7. The van der Waals surface area contributed by atoms with Gasteiger partial charge in [0.05, 0.1) is 24.9 Å². The Labute approximate surface area is 205 Å². The van der Waals surface area contributed by atoms with Crippen molar-refractivity contribution >= 4 is 51.6 Å². The van der Waals surface area contributed by atoms with Crippen molar-refractivity contribution in [1.82, 2.24) is 20.2 Å². The van der Waals surface area contributed by atoms with Gasteiger partial charge in [0.1, 0.15) is 18.1 Å². The van der Waals surface area contributed by atoms with Gasteiger partial charge in [-0.15, -0.1) is 11.6 Å². The first-order valence-electron chi connectivity index (χ1n) is 10.4. The molecule has 0 saturated heterocycles. The second-order valence-corrected chi connectivity index (χ2v) is 8.17. The molecule has 2 aromatic heterocycles. The summed E-state index contributed by atoms with van der Waals surface area (Å²) in [6, 6.07) is 12.2. The summed E-state index contributed by atoms with van der Waals surface area (Å²) >= 11 is 11.8. The van der Waals surface area contributed by atoms with Crippen LogP contribution in [-0.2, 0) is 4.79 Å². The number of primary amides is 1. The molecule has 34 heavy (non-hydrogen) atoms. The Hall–Kier alpha value is -3.56. The lowest BCUT2D eigenvalue weighted by Crippen LogP contribution is -2.22. The van der Waals surface area contributed by atoms with E-state index >= 15 is 0 Å². The molecule has 0 aliphatic rings. The van der Waals surface area contributed by atoms with Crippen molar-refractivity contribution in [3.8, 4) is 11.5 Å². The third kappa shape index (κ3) is 5.16. The number of ether oxygens (including phenoxy) is 2. The normalized spacial score (nSPS) is 11.9. The van der Waals surface area contributed by atoms with Crippen LogP contribution in [0.3, 0.4) is 0 Å². The summed E-state index contributed by atoms with van der Waals surface area (Å²) in [5.41, 5.74) is 7.51. The van der Waals surface area contributed by atoms with Crippen LogP contribution in [0, 0.1) is 0 Å². The summed E-state index contributed by atoms with van der Waals surface area (Å²) in [6.07, 6.45) is 2.15. The Morgan fingerprint density at radius 3 is 2.79 bits per heavy atom. The lowest BCUT2D eigenvalue weighted by Gasteiger charge is -2.13. The summed E-state index contributed by atoms with van der Waals surface area (Å²) in [7, 11) is 1.56. The Kier molecular flexibility index (Phi) is 7.34. The summed E-state index contributed by atoms with van der Waals surface area (Å²) in [5.74, 6) is 1.30. The van der Waals surface area contributed by atoms with Crippen LogP contribution in [0.2, 0.25) is 5.02 Å². The van der Waals surface area contributed by atoms with E-state index in [1.54, 1.807) is 49.6 Å². The van der Waals surface area contributed by atoms with Gasteiger partial charge >= 0.3 is 0 Å². The predicted molar refractivity (Wildman–Crippen MR) is 131 cm³/mol. The average Bonchev–Trinajstić information content (AvgIpc) is 3.26. The fourth-order valence-corrected chi connectivity index (χ4v) is 3.83. The van der Waals surface area contributed by atoms with Crippen molar-refractivity contribution in [2.75, 3.05) is 24.9 Å². The number of methoxy groups -OCH3 is 1. The minimum atomic E-state index is -0.739. The number of aromatic nitrogens is 4. The van der Waals surface area contributed by atoms with E-state index in [0.717, 1.165) is 0 Å². The van der Waals surface area contributed by atoms with E-state index in [-0.39, 0.29) is 0 Å². The van der Waals surface area contributed by atoms with Gasteiger partial charge in [-0.05, 0) is 30.2 Å². The number of anilines is 2. The summed E-state index contributed by atoms with van der Waals surface area (Å²) in [4.78, 5) is 20.9. The second kappa shape index (κ2) is 10.6. The number of carbonyl (C=O) groups is 1. The number of nitrogens with one attached hydrogen (secondary N) is 2. The van der Waals surface area contributed by atoms with Crippen molar-refractivity contribution in [3.05, 3.63) is 65.1 Å². The van der Waals surface area contributed by atoms with Crippen molar-refractivity contribution in [2.24, 2.45) is 5.73 Å². The van der Waals surface area contributed by atoms with Crippen molar-refractivity contribution in [1.29, 1.82) is 0 Å². The number of hydrogen-bond acceptors (Lipinski definition) is 7. The lowest BCUT2D eigenvalue weighted by atomic mass is 9.95. The third-order valence-electron chi connectivity index (χ3n) is 5.08. The molecule has 1 atom stereocenters. The number of benzene rings is 2. The first kappa shape index (κ1) is 23.6. The van der Waals surface area contributed by atoms with E-state index in [1.807, 2.05) is 0 Å². The van der Waals surface area contributed by atoms with Gasteiger partial charge in [0.15, 0.2) is 17.3 Å². The van der Waals surface area contributed by atoms with Gasteiger partial charge in [0, 0.05) is 28.4 Å². The molecule has 0 fully saturated rings. The van der Waals surface area contributed by atoms with Gasteiger partial charge in [0.2, 0.25) is 5.91 Å². The smallest absolute Gasteiger partial charge is 0.231 e. The molecular formula is C23H22Cl2N6O3. The van der Waals surface area contributed by atoms with Crippen LogP contribution in [-0.4, -0.2) is 45.7 Å². The highest BCUT2D eigenvalue weighted by Crippen LogP contribution is 2.35. The third-order valence-corrected chi connectivity index (χ3v) is 5.58. The van der Waals surface area contributed by atoms with Crippen molar-refractivity contribution in [2.45, 2.75) is 12.3 Å². The molecule has 11 heteroatoms. The highest BCUT2D eigenvalue weighted by atomic mass is 35.5. The molecule has 0 spiro atoms. The molecule has 176 valence electrons. The topological polar surface area (TPSA) is 128 Å². The number of fused-ring (bicyclic) bond motifs is 1. The molecule has 4 N–H and O–H groups in total. The van der Waals surface area contributed by atoms with Crippen LogP contribution >= 0.6 is 23.2 Å². The van der Waals surface area contributed by atoms with Crippen LogP contribution < -0.4 is 20.5 Å². The predicted octanol–water partition coefficient (Wildman–Crippen LogP) is 4.38. The molecule has 0 saturated carbocycles. The summed E-state index contributed by atoms with van der Waals surface area (Å²) in [6.45, 7) is 0.464. The molecular weight excluding hydrogens is 479 g/mol. The molecule has 1 unspecified atom stereocenters. The Balaban J connectivity index is 1.63. The van der Waals surface area contributed by atoms with E-state index in [9.17, 15) is 4.79 Å². The fraction of sp³-hybridized carbons (Fsp3) is 0.217. The molecule has 0 radical (unpaired) electrons. The molecule has 2 heterocycles. The first-order chi connectivity index (χ1) is 16.5. The minimum absolute atomic E-state index is 0.449. The highest BCUT2D eigenvalue weighted by Gasteiger charge is 2.23. The zero-order valence-electron chi connectivity index (χ0n) is 18.2. The molecule has 0 bridgehead atoms. The number of halogens is 2. The number of alkyl halides is 1. The molecule has 2 aromatic carbocycles. The van der Waals surface area contributed by atoms with Crippen LogP contribution in [0.1, 0.15) is 23.6 Å². The molecule has 0 aliphatic heterocycles. The number of nitrogens with zero attached hydrogens (tertiary/aromatic N) is 3. The Morgan fingerprint density at radius 1 is 1.21 bits per heavy atom. The number of carbonyl (C=O) groups excluding carboxylic acids is 1. The van der Waals surface area contributed by atoms with Crippen molar-refractivity contribution in [3.63, 3.8) is 0 Å². The van der Waals surface area contributed by atoms with Crippen molar-refractivity contribution < 1.29 is 14.3 Å². The van der Waals surface area contributed by atoms with Crippen LogP contribution in [0.4, 0.5) is 11.6 Å². The fourth-order valence-electron chi connectivity index (χ4n) is 3.53. The Morgan fingerprint density at radius 2 is 2.06 bits per heavy atom. The number of H-pyrrole nitrogens is 1. The van der Waals surface area contributed by atoms with Gasteiger partial charge < -0.3 is 20.5 Å². The summed E-state index contributed by atoms with van der Waals surface area (Å²) in [5, 5.41) is 11.5. The van der Waals surface area contributed by atoms with Crippen LogP contribution in [0.25, 0.3) is 10.9 Å². The van der Waals surface area contributed by atoms with Gasteiger partial charge in [-0.2, -0.15) is 5.10 Å². The van der Waals surface area contributed by atoms with E-state index in [2.05, 4.69) is 25.5 Å². The SMILES string of the molecule is COc1cc2c(Nc3cc(C(C(N)=O)c4cccc(Cl)c4)[nH]n3)ncnc2cc1OCCCCl. The van der Waals surface area contributed by atoms with Gasteiger partial charge in [-0.3, -0.25) is 9.89 Å². The summed E-state index contributed by atoms with van der Waals surface area (Å²) < 4.78 is 11.3. The lowest BCUT2D eigenvalue weighted by molar-refractivity contribution is -0.118. The maximum Gasteiger partial charge on any atom is 0.231 e. The van der Waals surface area contributed by atoms with E-state index in [0.29, 0.717) is 69.2 Å². The molecule has 4 aromatic rings.